The van der Waals surface area contributed by atoms with Crippen molar-refractivity contribution in [3.8, 4) is 5.75 Å². The van der Waals surface area contributed by atoms with E-state index in [4.69, 9.17) is 0 Å². The Morgan fingerprint density at radius 1 is 1.44 bits per heavy atom. The number of hydrogen-bond donors (Lipinski definition) is 0. The lowest BCUT2D eigenvalue weighted by atomic mass is 9.99. The molecule has 0 bridgehead atoms. The number of para-hydroxylation sites is 1. The first kappa shape index (κ1) is 14.0. The molecule has 0 aliphatic rings. The van der Waals surface area contributed by atoms with Crippen LogP contribution in [0.4, 0.5) is 18.9 Å². The largest absolute Gasteiger partial charge is 0.573 e. The molecule has 0 aliphatic carbocycles. The minimum absolute atomic E-state index is 0.0109. The number of hydrogen-bond acceptors (Lipinski definition) is 3. The lowest BCUT2D eigenvalue weighted by Gasteiger charge is -2.13. The zero-order valence-corrected chi connectivity index (χ0v) is 9.11. The summed E-state index contributed by atoms with van der Waals surface area (Å²) in [6.45, 7) is 6.94. The lowest BCUT2D eigenvalue weighted by Crippen LogP contribution is -2.18. The Balaban J connectivity index is 3.35. The Labute approximate surface area is 101 Å². The summed E-state index contributed by atoms with van der Waals surface area (Å²) in [4.78, 5) is 9.91. The van der Waals surface area contributed by atoms with Crippen molar-refractivity contribution in [3.05, 3.63) is 53.5 Å². The first-order valence-electron chi connectivity index (χ1n) is 4.75. The summed E-state index contributed by atoms with van der Waals surface area (Å²) < 4.78 is 40.0. The average molecular weight is 260 g/mol. The number of nitrogens with zero attached hydrogens (tertiary/aromatic N) is 1. The van der Waals surface area contributed by atoms with Crippen LogP contribution in [0.3, 0.4) is 0 Å². The molecule has 4 nitrogen and oxygen atoms in total. The molecule has 0 fully saturated rings. The molecule has 0 saturated carbocycles. The van der Waals surface area contributed by atoms with Gasteiger partial charge in [-0.05, 0) is 13.0 Å². The van der Waals surface area contributed by atoms with Gasteiger partial charge in [0, 0.05) is 11.5 Å². The van der Waals surface area contributed by atoms with Crippen LogP contribution in [-0.4, -0.2) is 11.3 Å². The number of nitro groups is 1. The average Bonchev–Trinajstić information content (AvgIpc) is 2.25. The van der Waals surface area contributed by atoms with Crippen molar-refractivity contribution in [2.75, 3.05) is 0 Å². The van der Waals surface area contributed by atoms with Gasteiger partial charge in [0.15, 0.2) is 0 Å². The highest BCUT2D eigenvalue weighted by molar-refractivity contribution is 5.55. The fraction of sp³-hybridized carbons (Fsp3) is 0.182. The molecule has 7 heteroatoms. The standard InChI is InChI=1S/C11H9F3NO3/c1-3-7(2)8-5-4-6-9(10(8)15(16)17)18-11(12,13)14/h3-7H,1-2H2. The van der Waals surface area contributed by atoms with E-state index >= 15 is 0 Å². The predicted molar refractivity (Wildman–Crippen MR) is 58.1 cm³/mol. The topological polar surface area (TPSA) is 52.4 Å². The van der Waals surface area contributed by atoms with E-state index in [9.17, 15) is 23.3 Å². The van der Waals surface area contributed by atoms with Crippen molar-refractivity contribution in [2.24, 2.45) is 0 Å². The van der Waals surface area contributed by atoms with Crippen LogP contribution in [0.25, 0.3) is 0 Å². The summed E-state index contributed by atoms with van der Waals surface area (Å²) >= 11 is 0. The Bertz CT molecular complexity index is 471. The Hall–Kier alpha value is -2.05. The number of halogens is 3. The summed E-state index contributed by atoms with van der Waals surface area (Å²) in [5.41, 5.74) is -0.744. The summed E-state index contributed by atoms with van der Waals surface area (Å²) in [6, 6.07) is 3.41. The Kier molecular flexibility index (Phi) is 3.95. The molecule has 0 heterocycles. The summed E-state index contributed by atoms with van der Waals surface area (Å²) in [6.07, 6.45) is -3.70. The smallest absolute Gasteiger partial charge is 0.398 e. The normalized spacial score (nSPS) is 12.9. The molecule has 1 unspecified atom stereocenters. The quantitative estimate of drug-likeness (QED) is 0.472. The van der Waals surface area contributed by atoms with Gasteiger partial charge in [0.05, 0.1) is 4.92 Å². The van der Waals surface area contributed by atoms with Crippen LogP contribution in [0.15, 0.2) is 30.9 Å². The van der Waals surface area contributed by atoms with Crippen LogP contribution >= 0.6 is 0 Å². The van der Waals surface area contributed by atoms with Crippen LogP contribution in [0.5, 0.6) is 5.75 Å². The molecule has 0 aromatic heterocycles. The highest BCUT2D eigenvalue weighted by Gasteiger charge is 2.35. The zero-order chi connectivity index (χ0) is 13.9. The number of nitro benzene ring substituents is 1. The van der Waals surface area contributed by atoms with Gasteiger partial charge >= 0.3 is 12.0 Å². The molecule has 0 N–H and O–H groups in total. The van der Waals surface area contributed by atoms with Gasteiger partial charge in [-0.25, -0.2) is 0 Å². The van der Waals surface area contributed by atoms with Gasteiger partial charge in [-0.15, -0.1) is 19.8 Å². The second-order valence-electron chi connectivity index (χ2n) is 3.34. The SMILES string of the molecule is [CH2]C(C=C)c1cccc(OC(F)(F)F)c1[N+](=O)[O-]. The molecule has 0 saturated heterocycles. The van der Waals surface area contributed by atoms with Crippen LogP contribution < -0.4 is 4.74 Å². The summed E-state index contributed by atoms with van der Waals surface area (Å²) in [5, 5.41) is 10.8. The minimum atomic E-state index is -4.99. The van der Waals surface area contributed by atoms with E-state index in [1.54, 1.807) is 0 Å². The number of ether oxygens (including phenoxy) is 1. The van der Waals surface area contributed by atoms with E-state index in [1.165, 1.54) is 18.2 Å². The fourth-order valence-corrected chi connectivity index (χ4v) is 1.37. The molecule has 1 aromatic rings. The second kappa shape index (κ2) is 5.07. The monoisotopic (exact) mass is 260 g/mol. The predicted octanol–water partition coefficient (Wildman–Crippen LogP) is 3.60. The third-order valence-electron chi connectivity index (χ3n) is 2.12. The zero-order valence-electron chi connectivity index (χ0n) is 9.11. The molecule has 0 amide bonds. The van der Waals surface area contributed by atoms with E-state index in [-0.39, 0.29) is 5.56 Å². The van der Waals surface area contributed by atoms with Gasteiger partial charge in [0.25, 0.3) is 0 Å². The van der Waals surface area contributed by atoms with Crippen molar-refractivity contribution in [3.63, 3.8) is 0 Å². The highest BCUT2D eigenvalue weighted by atomic mass is 19.4. The molecule has 0 aliphatic heterocycles. The fourth-order valence-electron chi connectivity index (χ4n) is 1.37. The Morgan fingerprint density at radius 3 is 2.50 bits per heavy atom. The molecule has 18 heavy (non-hydrogen) atoms. The van der Waals surface area contributed by atoms with Gasteiger partial charge in [-0.1, -0.05) is 18.2 Å². The van der Waals surface area contributed by atoms with Crippen molar-refractivity contribution in [2.45, 2.75) is 12.3 Å². The number of rotatable bonds is 4. The van der Waals surface area contributed by atoms with Crippen molar-refractivity contribution in [1.29, 1.82) is 0 Å². The van der Waals surface area contributed by atoms with E-state index in [0.717, 1.165) is 6.07 Å². The minimum Gasteiger partial charge on any atom is -0.398 e. The van der Waals surface area contributed by atoms with Gasteiger partial charge in [-0.2, -0.15) is 0 Å². The van der Waals surface area contributed by atoms with Crippen LogP contribution in [0.2, 0.25) is 0 Å². The van der Waals surface area contributed by atoms with Gasteiger partial charge < -0.3 is 4.74 Å². The van der Waals surface area contributed by atoms with E-state index in [2.05, 4.69) is 18.2 Å². The molecule has 1 aromatic carbocycles. The van der Waals surface area contributed by atoms with Gasteiger partial charge in [0.2, 0.25) is 5.75 Å². The molecule has 1 atom stereocenters. The molecule has 0 spiro atoms. The Morgan fingerprint density at radius 2 is 2.06 bits per heavy atom. The summed E-state index contributed by atoms with van der Waals surface area (Å²) in [5.74, 6) is -1.57. The lowest BCUT2D eigenvalue weighted by molar-refractivity contribution is -0.389. The van der Waals surface area contributed by atoms with Crippen molar-refractivity contribution >= 4 is 5.69 Å². The maximum Gasteiger partial charge on any atom is 0.573 e. The first-order chi connectivity index (χ1) is 8.26. The third kappa shape index (κ3) is 3.22. The molecule has 97 valence electrons. The molecule has 1 radical (unpaired) electrons. The van der Waals surface area contributed by atoms with Crippen LogP contribution in [-0.2, 0) is 0 Å². The number of alkyl halides is 3. The number of benzene rings is 1. The second-order valence-corrected chi connectivity index (χ2v) is 3.34. The molecular formula is C11H9F3NO3. The molecule has 1 rings (SSSR count). The number of allylic oxidation sites excluding steroid dienone is 1. The van der Waals surface area contributed by atoms with Gasteiger partial charge in [-0.3, -0.25) is 10.1 Å². The summed E-state index contributed by atoms with van der Waals surface area (Å²) in [7, 11) is 0. The van der Waals surface area contributed by atoms with Gasteiger partial charge in [0.1, 0.15) is 0 Å². The van der Waals surface area contributed by atoms with E-state index in [1.807, 2.05) is 0 Å². The highest BCUT2D eigenvalue weighted by Crippen LogP contribution is 2.37. The first-order valence-corrected chi connectivity index (χ1v) is 4.75. The van der Waals surface area contributed by atoms with Crippen LogP contribution in [0, 0.1) is 17.0 Å². The van der Waals surface area contributed by atoms with Crippen molar-refractivity contribution in [1.82, 2.24) is 0 Å². The maximum atomic E-state index is 12.1. The maximum absolute atomic E-state index is 12.1. The van der Waals surface area contributed by atoms with Crippen molar-refractivity contribution < 1.29 is 22.8 Å². The third-order valence-corrected chi connectivity index (χ3v) is 2.12. The molecular weight excluding hydrogens is 251 g/mol. The van der Waals surface area contributed by atoms with Crippen LogP contribution in [0.1, 0.15) is 11.5 Å². The van der Waals surface area contributed by atoms with E-state index < -0.39 is 28.6 Å². The van der Waals surface area contributed by atoms with E-state index in [0.29, 0.717) is 0 Å².